The quantitative estimate of drug-likeness (QED) is 0.902. The van der Waals surface area contributed by atoms with E-state index in [1.165, 1.54) is 16.8 Å². The first-order valence-corrected chi connectivity index (χ1v) is 7.71. The van der Waals surface area contributed by atoms with Crippen molar-refractivity contribution in [1.82, 2.24) is 9.78 Å². The second kappa shape index (κ2) is 5.95. The molecule has 1 aliphatic carbocycles. The summed E-state index contributed by atoms with van der Waals surface area (Å²) >= 11 is 12.0. The lowest BCUT2D eigenvalue weighted by Gasteiger charge is -2.06. The monoisotopic (exact) mass is 328 g/mol. The molecule has 21 heavy (non-hydrogen) atoms. The fourth-order valence-electron chi connectivity index (χ4n) is 2.91. The first kappa shape index (κ1) is 14.8. The lowest BCUT2D eigenvalue weighted by molar-refractivity contribution is 0.280. The Balaban J connectivity index is 2.08. The highest BCUT2D eigenvalue weighted by Crippen LogP contribution is 2.38. The topological polar surface area (TPSA) is 38.1 Å². The van der Waals surface area contributed by atoms with Crippen LogP contribution >= 0.6 is 23.2 Å². The van der Waals surface area contributed by atoms with Gasteiger partial charge in [-0.3, -0.25) is 0 Å². The minimum atomic E-state index is -0.520. The van der Waals surface area contributed by atoms with Crippen LogP contribution in [0, 0.1) is 5.82 Å². The molecule has 3 rings (SSSR count). The van der Waals surface area contributed by atoms with Crippen LogP contribution in [0.3, 0.4) is 0 Å². The molecule has 0 spiro atoms. The lowest BCUT2D eigenvalue weighted by atomic mass is 10.0. The third-order valence-corrected chi connectivity index (χ3v) is 4.69. The zero-order chi connectivity index (χ0) is 15.0. The van der Waals surface area contributed by atoms with Gasteiger partial charge in [-0.25, -0.2) is 9.07 Å². The van der Waals surface area contributed by atoms with Gasteiger partial charge in [0.25, 0.3) is 0 Å². The van der Waals surface area contributed by atoms with Gasteiger partial charge in [0.15, 0.2) is 0 Å². The van der Waals surface area contributed by atoms with Crippen molar-refractivity contribution in [1.29, 1.82) is 0 Å². The predicted octanol–water partition coefficient (Wildman–Crippen LogP) is 4.47. The van der Waals surface area contributed by atoms with E-state index in [1.54, 1.807) is 6.07 Å². The first-order valence-electron chi connectivity index (χ1n) is 6.95. The van der Waals surface area contributed by atoms with E-state index in [0.29, 0.717) is 22.3 Å². The van der Waals surface area contributed by atoms with Gasteiger partial charge < -0.3 is 5.11 Å². The van der Waals surface area contributed by atoms with E-state index in [9.17, 15) is 9.50 Å². The number of hydrogen-bond acceptors (Lipinski definition) is 2. The Hall–Kier alpha value is -1.10. The van der Waals surface area contributed by atoms with Gasteiger partial charge in [-0.2, -0.15) is 5.10 Å². The second-order valence-corrected chi connectivity index (χ2v) is 6.07. The molecule has 0 bridgehead atoms. The van der Waals surface area contributed by atoms with Crippen molar-refractivity contribution in [3.63, 3.8) is 0 Å². The average Bonchev–Trinajstić information content (AvgIpc) is 3.09. The summed E-state index contributed by atoms with van der Waals surface area (Å²) in [7, 11) is 0. The maximum absolute atomic E-state index is 13.6. The van der Waals surface area contributed by atoms with Gasteiger partial charge in [0.05, 0.1) is 23.0 Å². The molecule has 1 aliphatic rings. The summed E-state index contributed by atoms with van der Waals surface area (Å²) in [6.45, 7) is -0.166. The summed E-state index contributed by atoms with van der Waals surface area (Å²) in [6, 6.07) is 4.42. The SMILES string of the molecule is OCc1c(C2CCCC2)nn(-c2ccc(Cl)c(F)c2)c1Cl. The summed E-state index contributed by atoms with van der Waals surface area (Å²) in [5.41, 5.74) is 1.97. The predicted molar refractivity (Wildman–Crippen MR) is 80.7 cm³/mol. The highest BCUT2D eigenvalue weighted by atomic mass is 35.5. The molecule has 2 aromatic rings. The number of rotatable bonds is 3. The van der Waals surface area contributed by atoms with E-state index in [1.807, 2.05) is 0 Å². The lowest BCUT2D eigenvalue weighted by Crippen LogP contribution is -2.00. The Morgan fingerprint density at radius 3 is 2.62 bits per heavy atom. The molecule has 1 aromatic carbocycles. The largest absolute Gasteiger partial charge is 0.391 e. The standard InChI is InChI=1S/C15H15Cl2FN2O/c16-12-6-5-10(7-13(12)18)20-15(17)11(8-21)14(19-20)9-3-1-2-4-9/h5-7,9,21H,1-4,8H2. The fourth-order valence-corrected chi connectivity index (χ4v) is 3.32. The summed E-state index contributed by atoms with van der Waals surface area (Å²) in [5, 5.41) is 14.5. The number of aliphatic hydroxyl groups excluding tert-OH is 1. The van der Waals surface area contributed by atoms with E-state index >= 15 is 0 Å². The molecule has 1 fully saturated rings. The molecule has 1 saturated carbocycles. The van der Waals surface area contributed by atoms with Crippen molar-refractivity contribution >= 4 is 23.2 Å². The summed E-state index contributed by atoms with van der Waals surface area (Å²) in [5.74, 6) is -0.197. The Morgan fingerprint density at radius 1 is 1.29 bits per heavy atom. The molecule has 0 radical (unpaired) electrons. The van der Waals surface area contributed by atoms with Crippen LogP contribution in [0.2, 0.25) is 10.2 Å². The molecule has 6 heteroatoms. The zero-order valence-corrected chi connectivity index (χ0v) is 12.8. The molecule has 1 N–H and O–H groups in total. The van der Waals surface area contributed by atoms with Crippen LogP contribution in [0.4, 0.5) is 4.39 Å². The van der Waals surface area contributed by atoms with Crippen molar-refractivity contribution in [2.24, 2.45) is 0 Å². The Morgan fingerprint density at radius 2 is 2.00 bits per heavy atom. The van der Waals surface area contributed by atoms with Crippen LogP contribution in [-0.2, 0) is 6.61 Å². The Kier molecular flexibility index (Phi) is 4.20. The second-order valence-electron chi connectivity index (χ2n) is 5.30. The molecule has 1 aromatic heterocycles. The van der Waals surface area contributed by atoms with Crippen molar-refractivity contribution in [3.05, 3.63) is 45.4 Å². The molecule has 0 unspecified atom stereocenters. The van der Waals surface area contributed by atoms with Gasteiger partial charge in [0.2, 0.25) is 0 Å². The third kappa shape index (κ3) is 2.68. The van der Waals surface area contributed by atoms with Crippen LogP contribution in [0.15, 0.2) is 18.2 Å². The summed E-state index contributed by atoms with van der Waals surface area (Å²) in [6.07, 6.45) is 4.43. The van der Waals surface area contributed by atoms with Crippen LogP contribution in [0.1, 0.15) is 42.9 Å². The minimum absolute atomic E-state index is 0.0560. The van der Waals surface area contributed by atoms with Crippen LogP contribution in [0.25, 0.3) is 5.69 Å². The molecular weight excluding hydrogens is 314 g/mol. The van der Waals surface area contributed by atoms with Gasteiger partial charge in [-0.05, 0) is 25.0 Å². The minimum Gasteiger partial charge on any atom is -0.391 e. The molecule has 0 saturated heterocycles. The molecule has 1 heterocycles. The molecular formula is C15H15Cl2FN2O. The number of aromatic nitrogens is 2. The van der Waals surface area contributed by atoms with Crippen molar-refractivity contribution in [3.8, 4) is 5.69 Å². The van der Waals surface area contributed by atoms with Crippen LogP contribution in [-0.4, -0.2) is 14.9 Å². The smallest absolute Gasteiger partial charge is 0.143 e. The first-order chi connectivity index (χ1) is 10.1. The molecule has 3 nitrogen and oxygen atoms in total. The summed E-state index contributed by atoms with van der Waals surface area (Å²) < 4.78 is 15.1. The molecule has 112 valence electrons. The van der Waals surface area contributed by atoms with Gasteiger partial charge in [-0.1, -0.05) is 36.0 Å². The van der Waals surface area contributed by atoms with Gasteiger partial charge in [-0.15, -0.1) is 0 Å². The maximum Gasteiger partial charge on any atom is 0.143 e. The van der Waals surface area contributed by atoms with Gasteiger partial charge in [0, 0.05) is 17.5 Å². The van der Waals surface area contributed by atoms with Crippen molar-refractivity contribution in [2.45, 2.75) is 38.2 Å². The van der Waals surface area contributed by atoms with Gasteiger partial charge >= 0.3 is 0 Å². The number of aliphatic hydroxyl groups is 1. The highest BCUT2D eigenvalue weighted by molar-refractivity contribution is 6.31. The Bertz CT molecular complexity index is 666. The Labute approximate surface area is 132 Å². The maximum atomic E-state index is 13.6. The van der Waals surface area contributed by atoms with E-state index < -0.39 is 5.82 Å². The highest BCUT2D eigenvalue weighted by Gasteiger charge is 2.26. The number of nitrogens with zero attached hydrogens (tertiary/aromatic N) is 2. The third-order valence-electron chi connectivity index (χ3n) is 4.00. The van der Waals surface area contributed by atoms with E-state index in [2.05, 4.69) is 5.10 Å². The normalized spacial score (nSPS) is 15.8. The molecule has 0 aliphatic heterocycles. The van der Waals surface area contributed by atoms with Crippen molar-refractivity contribution < 1.29 is 9.50 Å². The zero-order valence-electron chi connectivity index (χ0n) is 11.3. The average molecular weight is 329 g/mol. The van der Waals surface area contributed by atoms with E-state index in [4.69, 9.17) is 23.2 Å². The number of hydrogen-bond donors (Lipinski definition) is 1. The summed E-state index contributed by atoms with van der Waals surface area (Å²) in [4.78, 5) is 0. The fraction of sp³-hybridized carbons (Fsp3) is 0.400. The number of benzene rings is 1. The van der Waals surface area contributed by atoms with E-state index in [0.717, 1.165) is 31.4 Å². The van der Waals surface area contributed by atoms with Gasteiger partial charge in [0.1, 0.15) is 11.0 Å². The van der Waals surface area contributed by atoms with Crippen molar-refractivity contribution in [2.75, 3.05) is 0 Å². The van der Waals surface area contributed by atoms with Crippen LogP contribution < -0.4 is 0 Å². The molecule has 0 atom stereocenters. The molecule has 0 amide bonds. The van der Waals surface area contributed by atoms with Crippen LogP contribution in [0.5, 0.6) is 0 Å². The number of halogens is 3. The van der Waals surface area contributed by atoms with E-state index in [-0.39, 0.29) is 11.6 Å².